The van der Waals surface area contributed by atoms with Gasteiger partial charge in [-0.1, -0.05) is 12.8 Å². The fraction of sp³-hybridized carbons (Fsp3) is 0.333. The van der Waals surface area contributed by atoms with E-state index in [-0.39, 0.29) is 36.3 Å². The monoisotopic (exact) mass is 383 g/mol. The average molecular weight is 384 g/mol. The van der Waals surface area contributed by atoms with E-state index in [1.54, 1.807) is 36.7 Å². The molecule has 1 aliphatic carbocycles. The van der Waals surface area contributed by atoms with Gasteiger partial charge < -0.3 is 15.8 Å². The Balaban J connectivity index is 0.00000156. The predicted molar refractivity (Wildman–Crippen MR) is 103 cm³/mol. The fourth-order valence-electron chi connectivity index (χ4n) is 2.96. The molecule has 1 saturated carbocycles. The van der Waals surface area contributed by atoms with Crippen LogP contribution < -0.4 is 15.8 Å². The number of nitrogens with zero attached hydrogens (tertiary/aromatic N) is 1. The largest absolute Gasteiger partial charge is 0.456 e. The predicted octanol–water partition coefficient (Wildman–Crippen LogP) is 3.72. The molecule has 0 unspecified atom stereocenters. The summed E-state index contributed by atoms with van der Waals surface area (Å²) >= 11 is 0. The Hall–Kier alpha value is -1.82. The molecule has 3 N–H and O–H groups in total. The number of halogens is 2. The van der Waals surface area contributed by atoms with Crippen LogP contribution in [0.5, 0.6) is 11.5 Å². The Morgan fingerprint density at radius 2 is 1.80 bits per heavy atom. The molecule has 5 nitrogen and oxygen atoms in total. The second-order valence-corrected chi connectivity index (χ2v) is 5.96. The number of carbonyl (C=O) groups is 1. The number of nitrogens with two attached hydrogens (primary N) is 1. The van der Waals surface area contributed by atoms with Crippen LogP contribution in [0, 0.1) is 0 Å². The fourth-order valence-corrected chi connectivity index (χ4v) is 2.96. The summed E-state index contributed by atoms with van der Waals surface area (Å²) < 4.78 is 5.67. The minimum atomic E-state index is -0.234. The summed E-state index contributed by atoms with van der Waals surface area (Å²) in [4.78, 5) is 16.4. The van der Waals surface area contributed by atoms with Gasteiger partial charge in [0.05, 0.1) is 11.7 Å². The third-order valence-corrected chi connectivity index (χ3v) is 4.32. The molecule has 7 heteroatoms. The van der Waals surface area contributed by atoms with Crippen LogP contribution in [-0.4, -0.2) is 23.0 Å². The van der Waals surface area contributed by atoms with E-state index in [0.717, 1.165) is 25.7 Å². The van der Waals surface area contributed by atoms with Crippen molar-refractivity contribution in [3.05, 3.63) is 54.4 Å². The Morgan fingerprint density at radius 3 is 2.36 bits per heavy atom. The maximum atomic E-state index is 12.4. The van der Waals surface area contributed by atoms with Gasteiger partial charge in [-0.3, -0.25) is 9.78 Å². The highest BCUT2D eigenvalue weighted by Gasteiger charge is 2.33. The number of benzene rings is 1. The summed E-state index contributed by atoms with van der Waals surface area (Å²) in [7, 11) is 0. The lowest BCUT2D eigenvalue weighted by molar-refractivity contribution is 0.0903. The van der Waals surface area contributed by atoms with E-state index in [4.69, 9.17) is 10.5 Å². The van der Waals surface area contributed by atoms with E-state index in [2.05, 4.69) is 10.3 Å². The normalized spacial score (nSPS) is 14.8. The number of hydrogen-bond acceptors (Lipinski definition) is 4. The first-order valence-corrected chi connectivity index (χ1v) is 7.91. The summed E-state index contributed by atoms with van der Waals surface area (Å²) in [6.45, 7) is 0.487. The second-order valence-electron chi connectivity index (χ2n) is 5.96. The molecule has 136 valence electrons. The smallest absolute Gasteiger partial charge is 0.251 e. The van der Waals surface area contributed by atoms with Gasteiger partial charge in [-0.2, -0.15) is 0 Å². The third-order valence-electron chi connectivity index (χ3n) is 4.32. The Bertz CT molecular complexity index is 660. The van der Waals surface area contributed by atoms with Crippen molar-refractivity contribution in [2.45, 2.75) is 31.2 Å². The first-order chi connectivity index (χ1) is 11.2. The molecular formula is C18H23Cl2N3O2. The first-order valence-electron chi connectivity index (χ1n) is 7.91. The zero-order chi connectivity index (χ0) is 16.1. The van der Waals surface area contributed by atoms with E-state index >= 15 is 0 Å². The maximum absolute atomic E-state index is 12.4. The molecule has 3 rings (SSSR count). The van der Waals surface area contributed by atoms with Gasteiger partial charge in [0.15, 0.2) is 0 Å². The second kappa shape index (κ2) is 9.61. The van der Waals surface area contributed by atoms with Crippen molar-refractivity contribution in [3.8, 4) is 11.5 Å². The molecule has 2 aromatic rings. The van der Waals surface area contributed by atoms with Gasteiger partial charge in [-0.25, -0.2) is 0 Å². The Morgan fingerprint density at radius 1 is 1.12 bits per heavy atom. The number of hydrogen-bond donors (Lipinski definition) is 2. The number of nitrogens with one attached hydrogen (secondary N) is 1. The van der Waals surface area contributed by atoms with Crippen LogP contribution in [0.4, 0.5) is 0 Å². The van der Waals surface area contributed by atoms with Crippen LogP contribution in [0.3, 0.4) is 0 Å². The average Bonchev–Trinajstić information content (AvgIpc) is 3.05. The number of amides is 1. The van der Waals surface area contributed by atoms with Gasteiger partial charge in [0, 0.05) is 18.3 Å². The van der Waals surface area contributed by atoms with Gasteiger partial charge in [0.1, 0.15) is 11.5 Å². The topological polar surface area (TPSA) is 77.2 Å². The molecule has 1 aromatic carbocycles. The molecule has 1 fully saturated rings. The van der Waals surface area contributed by atoms with Crippen molar-refractivity contribution >= 4 is 30.7 Å². The van der Waals surface area contributed by atoms with E-state index in [1.807, 2.05) is 12.1 Å². The quantitative estimate of drug-likeness (QED) is 0.824. The molecule has 0 spiro atoms. The molecule has 1 aromatic heterocycles. The van der Waals surface area contributed by atoms with Crippen molar-refractivity contribution in [3.63, 3.8) is 0 Å². The molecule has 25 heavy (non-hydrogen) atoms. The number of carbonyl (C=O) groups excluding carboxylic acids is 1. The zero-order valence-corrected chi connectivity index (χ0v) is 15.4. The van der Waals surface area contributed by atoms with Crippen LogP contribution in [0.25, 0.3) is 0 Å². The molecule has 1 aliphatic rings. The first kappa shape index (κ1) is 21.2. The highest BCUT2D eigenvalue weighted by atomic mass is 35.5. The molecule has 0 aliphatic heterocycles. The Labute approximate surface area is 160 Å². The van der Waals surface area contributed by atoms with E-state index < -0.39 is 0 Å². The highest BCUT2D eigenvalue weighted by Crippen LogP contribution is 2.29. The molecule has 0 saturated heterocycles. The van der Waals surface area contributed by atoms with Gasteiger partial charge in [-0.15, -0.1) is 24.8 Å². The van der Waals surface area contributed by atoms with Gasteiger partial charge in [0.2, 0.25) is 0 Å². The summed E-state index contributed by atoms with van der Waals surface area (Å²) in [5.41, 5.74) is 6.24. The highest BCUT2D eigenvalue weighted by molar-refractivity contribution is 5.94. The zero-order valence-electron chi connectivity index (χ0n) is 13.8. The molecule has 1 heterocycles. The van der Waals surface area contributed by atoms with Gasteiger partial charge >= 0.3 is 0 Å². The number of ether oxygens (including phenoxy) is 1. The molecular weight excluding hydrogens is 361 g/mol. The van der Waals surface area contributed by atoms with Crippen LogP contribution in [0.1, 0.15) is 36.0 Å². The van der Waals surface area contributed by atoms with Gasteiger partial charge in [0.25, 0.3) is 5.91 Å². The molecule has 0 radical (unpaired) electrons. The number of rotatable bonds is 5. The lowest BCUT2D eigenvalue weighted by Gasteiger charge is -2.28. The van der Waals surface area contributed by atoms with Crippen molar-refractivity contribution in [1.29, 1.82) is 0 Å². The Kier molecular flexibility index (Phi) is 8.16. The third kappa shape index (κ3) is 5.33. The van der Waals surface area contributed by atoms with E-state index in [9.17, 15) is 4.79 Å². The van der Waals surface area contributed by atoms with E-state index in [1.165, 1.54) is 0 Å². The van der Waals surface area contributed by atoms with Crippen LogP contribution in [0.2, 0.25) is 0 Å². The molecule has 0 bridgehead atoms. The summed E-state index contributed by atoms with van der Waals surface area (Å²) in [5.74, 6) is 1.26. The van der Waals surface area contributed by atoms with Crippen LogP contribution >= 0.6 is 24.8 Å². The number of pyridine rings is 1. The maximum Gasteiger partial charge on any atom is 0.251 e. The summed E-state index contributed by atoms with van der Waals surface area (Å²) in [6, 6.07) is 10.7. The van der Waals surface area contributed by atoms with Crippen molar-refractivity contribution in [2.24, 2.45) is 5.73 Å². The van der Waals surface area contributed by atoms with Gasteiger partial charge in [-0.05, 0) is 49.2 Å². The van der Waals surface area contributed by atoms with Crippen LogP contribution in [-0.2, 0) is 0 Å². The summed E-state index contributed by atoms with van der Waals surface area (Å²) in [5, 5.41) is 3.11. The standard InChI is InChI=1S/C18H21N3O2.2ClH/c19-13-18(9-1-2-10-18)21-17(22)14-5-7-15(8-6-14)23-16-4-3-11-20-12-16;;/h3-8,11-12H,1-2,9-10,13,19H2,(H,21,22);2*1H. The lowest BCUT2D eigenvalue weighted by Crippen LogP contribution is -2.51. The molecule has 1 amide bonds. The number of aromatic nitrogens is 1. The van der Waals surface area contributed by atoms with Crippen molar-refractivity contribution in [2.75, 3.05) is 6.54 Å². The minimum Gasteiger partial charge on any atom is -0.456 e. The molecule has 0 atom stereocenters. The van der Waals surface area contributed by atoms with E-state index in [0.29, 0.717) is 23.6 Å². The van der Waals surface area contributed by atoms with Crippen LogP contribution in [0.15, 0.2) is 48.8 Å². The lowest BCUT2D eigenvalue weighted by atomic mass is 9.97. The SMILES string of the molecule is Cl.Cl.NCC1(NC(=O)c2ccc(Oc3cccnc3)cc2)CCCC1. The van der Waals surface area contributed by atoms with Crippen molar-refractivity contribution in [1.82, 2.24) is 10.3 Å². The summed E-state index contributed by atoms with van der Waals surface area (Å²) in [6.07, 6.45) is 7.49. The van der Waals surface area contributed by atoms with Crippen molar-refractivity contribution < 1.29 is 9.53 Å². The minimum absolute atomic E-state index is 0.